The van der Waals surface area contributed by atoms with E-state index in [1.807, 2.05) is 0 Å². The van der Waals surface area contributed by atoms with Crippen LogP contribution in [0.5, 0.6) is 0 Å². The van der Waals surface area contributed by atoms with Gasteiger partial charge in [0, 0.05) is 0 Å². The van der Waals surface area contributed by atoms with Crippen LogP contribution in [0.3, 0.4) is 0 Å². The third-order valence-corrected chi connectivity index (χ3v) is 2.14. The van der Waals surface area contributed by atoms with E-state index in [1.54, 1.807) is 0 Å². The second-order valence-corrected chi connectivity index (χ2v) is 3.09. The van der Waals surface area contributed by atoms with Crippen molar-refractivity contribution < 1.29 is 14.5 Å². The molecule has 0 unspecified atom stereocenters. The van der Waals surface area contributed by atoms with E-state index >= 15 is 0 Å². The lowest BCUT2D eigenvalue weighted by Gasteiger charge is -2.10. The van der Waals surface area contributed by atoms with Crippen molar-refractivity contribution in [2.75, 3.05) is 21.3 Å². The number of fused-ring (bicyclic) bond motifs is 2. The predicted octanol–water partition coefficient (Wildman–Crippen LogP) is 1.76. The summed E-state index contributed by atoms with van der Waals surface area (Å²) in [5.74, 6) is 0. The van der Waals surface area contributed by atoms with Crippen molar-refractivity contribution in [2.45, 2.75) is 12.8 Å². The summed E-state index contributed by atoms with van der Waals surface area (Å²) < 4.78 is 0. The van der Waals surface area contributed by atoms with Crippen molar-refractivity contribution in [3.8, 4) is 0 Å². The lowest BCUT2D eigenvalue weighted by Crippen LogP contribution is -2.18. The molecule has 0 heterocycles. The van der Waals surface area contributed by atoms with E-state index in [4.69, 9.17) is 0 Å². The largest absolute Gasteiger partial charge is 0.254 e. The molecule has 0 atom stereocenters. The molecule has 0 fully saturated rings. The van der Waals surface area contributed by atoms with Gasteiger partial charge in [0.1, 0.15) is 0 Å². The summed E-state index contributed by atoms with van der Waals surface area (Å²) in [5, 5.41) is 0.875. The number of aryl methyl sites for hydroxylation is 2. The zero-order chi connectivity index (χ0) is 11.1. The summed E-state index contributed by atoms with van der Waals surface area (Å²) in [5.41, 5.74) is 3.00. The number of hydrogen-bond acceptors (Lipinski definition) is 4. The Morgan fingerprint density at radius 3 is 1.67 bits per heavy atom. The molecule has 1 aliphatic rings. The number of hydrogen-bond donors (Lipinski definition) is 0. The fraction of sp³-hybridized carbons (Fsp3) is 0.455. The Kier molecular flexibility index (Phi) is 5.28. The average Bonchev–Trinajstić information content (AvgIpc) is 2.61. The molecule has 0 spiro atoms. The third kappa shape index (κ3) is 3.97. The Labute approximate surface area is 90.2 Å². The van der Waals surface area contributed by atoms with Crippen LogP contribution < -0.4 is 0 Å². The van der Waals surface area contributed by atoms with Crippen LogP contribution in [0.4, 0.5) is 0 Å². The van der Waals surface area contributed by atoms with E-state index in [0.717, 1.165) is 5.39 Å². The first kappa shape index (κ1) is 12.1. The Morgan fingerprint density at radius 2 is 1.40 bits per heavy atom. The molecule has 4 nitrogen and oxygen atoms in total. The number of nitrogens with zero attached hydrogens (tertiary/aromatic N) is 1. The first-order chi connectivity index (χ1) is 7.30. The van der Waals surface area contributed by atoms with Crippen molar-refractivity contribution in [3.63, 3.8) is 0 Å². The Balaban J connectivity index is 0.000000153. The fourth-order valence-corrected chi connectivity index (χ4v) is 1.45. The fourth-order valence-electron chi connectivity index (χ4n) is 1.45. The van der Waals surface area contributed by atoms with Crippen LogP contribution in [-0.2, 0) is 27.4 Å². The molecular formula is C11H17NO3. The minimum absolute atomic E-state index is 0.875. The molecule has 0 amide bonds. The summed E-state index contributed by atoms with van der Waals surface area (Å²) in [7, 11) is 4.31. The van der Waals surface area contributed by atoms with Gasteiger partial charge in [-0.05, 0) is 24.0 Å². The van der Waals surface area contributed by atoms with Crippen molar-refractivity contribution in [3.05, 3.63) is 35.4 Å². The van der Waals surface area contributed by atoms with Crippen molar-refractivity contribution in [2.24, 2.45) is 0 Å². The molecule has 15 heavy (non-hydrogen) atoms. The molecule has 1 aliphatic carbocycles. The molecule has 0 saturated carbocycles. The summed E-state index contributed by atoms with van der Waals surface area (Å²) >= 11 is 0. The van der Waals surface area contributed by atoms with E-state index in [9.17, 15) is 0 Å². The lowest BCUT2D eigenvalue weighted by molar-refractivity contribution is -0.502. The number of benzene rings is 1. The smallest absolute Gasteiger partial charge is 0.0758 e. The van der Waals surface area contributed by atoms with Gasteiger partial charge in [0.25, 0.3) is 0 Å². The highest BCUT2D eigenvalue weighted by atomic mass is 17.2. The van der Waals surface area contributed by atoms with Crippen LogP contribution in [-0.4, -0.2) is 26.7 Å². The van der Waals surface area contributed by atoms with E-state index < -0.39 is 0 Å². The van der Waals surface area contributed by atoms with Gasteiger partial charge in [0.2, 0.25) is 0 Å². The van der Waals surface area contributed by atoms with Crippen molar-refractivity contribution in [1.29, 1.82) is 0 Å². The maximum Gasteiger partial charge on any atom is 0.0758 e. The van der Waals surface area contributed by atoms with Crippen LogP contribution in [0.1, 0.15) is 11.1 Å². The molecule has 4 heteroatoms. The quantitative estimate of drug-likeness (QED) is 0.713. The topological polar surface area (TPSA) is 30.9 Å². The first-order valence-electron chi connectivity index (χ1n) is 4.80. The maximum absolute atomic E-state index is 4.44. The SMILES string of the molecule is CON(OC)OC.c1cc2cc(c1)CC2. The van der Waals surface area contributed by atoms with Gasteiger partial charge in [0.15, 0.2) is 0 Å². The van der Waals surface area contributed by atoms with E-state index in [1.165, 1.54) is 45.3 Å². The molecule has 84 valence electrons. The van der Waals surface area contributed by atoms with Crippen LogP contribution >= 0.6 is 0 Å². The second kappa shape index (κ2) is 6.53. The summed E-state index contributed by atoms with van der Waals surface area (Å²) in [4.78, 5) is 13.3. The molecule has 1 aromatic carbocycles. The molecule has 0 radical (unpaired) electrons. The van der Waals surface area contributed by atoms with Crippen molar-refractivity contribution in [1.82, 2.24) is 5.39 Å². The third-order valence-electron chi connectivity index (χ3n) is 2.14. The van der Waals surface area contributed by atoms with Crippen LogP contribution in [0.2, 0.25) is 0 Å². The van der Waals surface area contributed by atoms with Gasteiger partial charge in [-0.25, -0.2) is 0 Å². The minimum atomic E-state index is 0.875. The highest BCUT2D eigenvalue weighted by molar-refractivity contribution is 5.29. The van der Waals surface area contributed by atoms with Gasteiger partial charge >= 0.3 is 0 Å². The average molecular weight is 211 g/mol. The zero-order valence-electron chi connectivity index (χ0n) is 9.40. The Hall–Kier alpha value is -0.940. The molecule has 2 rings (SSSR count). The van der Waals surface area contributed by atoms with Gasteiger partial charge in [-0.1, -0.05) is 24.3 Å². The highest BCUT2D eigenvalue weighted by Crippen LogP contribution is 2.15. The predicted molar refractivity (Wildman–Crippen MR) is 56.7 cm³/mol. The molecular weight excluding hydrogens is 194 g/mol. The molecule has 1 aromatic rings. The van der Waals surface area contributed by atoms with Gasteiger partial charge in [0.05, 0.1) is 26.7 Å². The Bertz CT molecular complexity index is 262. The standard InChI is InChI=1S/C8H8.C3H9NO3/c1-2-7-4-5-8(3-1)6-7;1-5-4(6-2)7-3/h1-3,6H,4-5H2;1-3H3. The monoisotopic (exact) mass is 211 g/mol. The normalized spacial score (nSPS) is 12.5. The van der Waals surface area contributed by atoms with Gasteiger partial charge in [-0.2, -0.15) is 0 Å². The molecule has 0 aliphatic heterocycles. The molecule has 2 bridgehead atoms. The molecule has 0 saturated heterocycles. The maximum atomic E-state index is 4.44. The van der Waals surface area contributed by atoms with Gasteiger partial charge in [-0.3, -0.25) is 14.5 Å². The lowest BCUT2D eigenvalue weighted by atomic mass is 10.2. The van der Waals surface area contributed by atoms with Crippen LogP contribution in [0, 0.1) is 0 Å². The molecule has 0 N–H and O–H groups in total. The van der Waals surface area contributed by atoms with Crippen LogP contribution in [0.15, 0.2) is 24.3 Å². The number of rotatable bonds is 3. The van der Waals surface area contributed by atoms with Gasteiger partial charge in [-0.15, -0.1) is 0 Å². The summed E-state index contributed by atoms with van der Waals surface area (Å²) in [6.07, 6.45) is 2.53. The highest BCUT2D eigenvalue weighted by Gasteiger charge is 2.02. The van der Waals surface area contributed by atoms with E-state index in [2.05, 4.69) is 38.8 Å². The first-order valence-corrected chi connectivity index (χ1v) is 4.80. The van der Waals surface area contributed by atoms with Crippen LogP contribution in [0.25, 0.3) is 0 Å². The zero-order valence-corrected chi connectivity index (χ0v) is 9.40. The van der Waals surface area contributed by atoms with E-state index in [0.29, 0.717) is 0 Å². The van der Waals surface area contributed by atoms with Crippen molar-refractivity contribution >= 4 is 0 Å². The second-order valence-electron chi connectivity index (χ2n) is 3.09. The molecule has 0 aromatic heterocycles. The Morgan fingerprint density at radius 1 is 0.933 bits per heavy atom. The summed E-state index contributed by atoms with van der Waals surface area (Å²) in [6, 6.07) is 8.80. The van der Waals surface area contributed by atoms with Gasteiger partial charge < -0.3 is 0 Å². The summed E-state index contributed by atoms with van der Waals surface area (Å²) in [6.45, 7) is 0. The van der Waals surface area contributed by atoms with E-state index in [-0.39, 0.29) is 0 Å². The minimum Gasteiger partial charge on any atom is -0.254 e.